The summed E-state index contributed by atoms with van der Waals surface area (Å²) >= 11 is 0. The Bertz CT molecular complexity index is 832. The molecule has 0 aliphatic rings. The maximum Gasteiger partial charge on any atom is 0.136 e. The molecule has 1 aromatic heterocycles. The van der Waals surface area contributed by atoms with Crippen molar-refractivity contribution in [2.24, 2.45) is 0 Å². The fraction of sp³-hybridized carbons (Fsp3) is 0.0667. The zero-order chi connectivity index (χ0) is 16.9. The van der Waals surface area contributed by atoms with Gasteiger partial charge in [0.05, 0.1) is 18.0 Å². The number of ether oxygens (including phenoxy) is 1. The van der Waals surface area contributed by atoms with Crippen molar-refractivity contribution in [2.75, 3.05) is 7.11 Å². The van der Waals surface area contributed by atoms with Gasteiger partial charge in [0.15, 0.2) is 0 Å². The summed E-state index contributed by atoms with van der Waals surface area (Å²) in [5.74, 6) is -1.28. The summed E-state index contributed by atoms with van der Waals surface area (Å²) in [6, 6.07) is 7.26. The first-order chi connectivity index (χ1) is 10.9. The average molecular weight is 332 g/mol. The Morgan fingerprint density at radius 1 is 1.35 bits per heavy atom. The van der Waals surface area contributed by atoms with E-state index in [-0.39, 0.29) is 16.3 Å². The molecule has 1 heterocycles. The number of methoxy groups -OCH3 is 1. The standard InChI is InChI=1S/C15H13N2O5S/c1-22-13-6-4-11(5-7-15(18)19)9-14(13)23(20,21)17-12-3-2-8-16-10-12/h2-10H,1H3,(H,18,19)/q-1/p-1. The van der Waals surface area contributed by atoms with Gasteiger partial charge in [0.25, 0.3) is 0 Å². The molecule has 0 aliphatic carbocycles. The number of carbonyl (C=O) groups excluding carboxylic acids is 1. The van der Waals surface area contributed by atoms with Gasteiger partial charge in [-0.05, 0) is 29.8 Å². The molecule has 0 N–H and O–H groups in total. The first kappa shape index (κ1) is 16.5. The highest BCUT2D eigenvalue weighted by Crippen LogP contribution is 2.33. The second kappa shape index (κ2) is 6.93. The number of pyridine rings is 1. The van der Waals surface area contributed by atoms with Crippen LogP contribution in [0.15, 0.2) is 53.7 Å². The van der Waals surface area contributed by atoms with Crippen LogP contribution in [0.5, 0.6) is 5.75 Å². The average Bonchev–Trinajstić information content (AvgIpc) is 2.53. The van der Waals surface area contributed by atoms with Gasteiger partial charge >= 0.3 is 0 Å². The Kier molecular flexibility index (Phi) is 4.97. The van der Waals surface area contributed by atoms with E-state index in [4.69, 9.17) is 4.74 Å². The van der Waals surface area contributed by atoms with Gasteiger partial charge in [-0.15, -0.1) is 5.69 Å². The summed E-state index contributed by atoms with van der Waals surface area (Å²) in [5.41, 5.74) is 0.528. The normalized spacial score (nSPS) is 11.3. The molecule has 0 spiro atoms. The molecule has 23 heavy (non-hydrogen) atoms. The third-order valence-corrected chi connectivity index (χ3v) is 4.07. The lowest BCUT2D eigenvalue weighted by molar-refractivity contribution is -0.297. The van der Waals surface area contributed by atoms with Crippen molar-refractivity contribution in [3.05, 3.63) is 59.1 Å². The summed E-state index contributed by atoms with van der Waals surface area (Å²) in [4.78, 5) is 14.1. The van der Waals surface area contributed by atoms with Crippen molar-refractivity contribution >= 4 is 27.8 Å². The number of carboxylic acids is 1. The van der Waals surface area contributed by atoms with Crippen molar-refractivity contribution in [3.63, 3.8) is 0 Å². The van der Waals surface area contributed by atoms with E-state index in [0.29, 0.717) is 5.56 Å². The molecule has 120 valence electrons. The van der Waals surface area contributed by atoms with Crippen molar-refractivity contribution in [3.8, 4) is 5.75 Å². The molecule has 8 heteroatoms. The lowest BCUT2D eigenvalue weighted by Crippen LogP contribution is -2.18. The maximum absolute atomic E-state index is 12.4. The summed E-state index contributed by atoms with van der Waals surface area (Å²) in [6.07, 6.45) is 4.83. The summed E-state index contributed by atoms with van der Waals surface area (Å²) < 4.78 is 33.6. The van der Waals surface area contributed by atoms with Crippen LogP contribution in [0.4, 0.5) is 5.69 Å². The molecule has 0 bridgehead atoms. The minimum absolute atomic E-state index is 0.100. The number of rotatable bonds is 6. The van der Waals surface area contributed by atoms with Crippen molar-refractivity contribution < 1.29 is 23.1 Å². The predicted octanol–water partition coefficient (Wildman–Crippen LogP) is 1.25. The van der Waals surface area contributed by atoms with Gasteiger partial charge in [-0.2, -0.15) is 0 Å². The van der Waals surface area contributed by atoms with Crippen LogP contribution in [-0.2, 0) is 14.8 Å². The first-order valence-electron chi connectivity index (χ1n) is 6.37. The zero-order valence-electron chi connectivity index (χ0n) is 12.0. The molecule has 1 aromatic carbocycles. The van der Waals surface area contributed by atoms with Gasteiger partial charge < -0.3 is 19.4 Å². The molecule has 0 atom stereocenters. The van der Waals surface area contributed by atoms with Crippen LogP contribution in [0.2, 0.25) is 0 Å². The lowest BCUT2D eigenvalue weighted by atomic mass is 10.2. The summed E-state index contributed by atoms with van der Waals surface area (Å²) in [6.45, 7) is 0. The fourth-order valence-electron chi connectivity index (χ4n) is 1.76. The van der Waals surface area contributed by atoms with Gasteiger partial charge in [0.1, 0.15) is 15.8 Å². The summed E-state index contributed by atoms with van der Waals surface area (Å²) in [7, 11) is -2.73. The fourth-order valence-corrected chi connectivity index (χ4v) is 2.93. The molecule has 0 unspecified atom stereocenters. The van der Waals surface area contributed by atoms with Gasteiger partial charge in [-0.25, -0.2) is 8.42 Å². The van der Waals surface area contributed by atoms with Crippen molar-refractivity contribution in [1.82, 2.24) is 4.98 Å². The molecule has 0 fully saturated rings. The van der Waals surface area contributed by atoms with E-state index in [1.807, 2.05) is 0 Å². The number of carbonyl (C=O) groups is 1. The van der Waals surface area contributed by atoms with Crippen LogP contribution in [0.25, 0.3) is 10.8 Å². The van der Waals surface area contributed by atoms with E-state index in [2.05, 4.69) is 9.71 Å². The van der Waals surface area contributed by atoms with Gasteiger partial charge in [0.2, 0.25) is 0 Å². The van der Waals surface area contributed by atoms with E-state index in [0.717, 1.165) is 6.08 Å². The number of nitrogens with zero attached hydrogens (tertiary/aromatic N) is 2. The number of carboxylic acid groups (broad SMARTS) is 1. The molecular formula is C15H12N2O5S-2. The van der Waals surface area contributed by atoms with Crippen LogP contribution in [0.3, 0.4) is 0 Å². The monoisotopic (exact) mass is 332 g/mol. The molecule has 7 nitrogen and oxygen atoms in total. The van der Waals surface area contributed by atoms with Crippen LogP contribution >= 0.6 is 0 Å². The molecule has 0 saturated heterocycles. The minimum atomic E-state index is -4.05. The lowest BCUT2D eigenvalue weighted by Gasteiger charge is -2.22. The SMILES string of the molecule is COc1ccc(C=CC(=O)[O-])cc1S(=O)(=O)[N-]c1cccnc1. The van der Waals surface area contributed by atoms with Crippen molar-refractivity contribution in [1.29, 1.82) is 0 Å². The van der Waals surface area contributed by atoms with E-state index in [1.165, 1.54) is 49.8 Å². The Morgan fingerprint density at radius 3 is 2.74 bits per heavy atom. The molecule has 0 aliphatic heterocycles. The number of sulfonamides is 1. The number of benzene rings is 1. The third kappa shape index (κ3) is 4.30. The highest BCUT2D eigenvalue weighted by atomic mass is 32.2. The predicted molar refractivity (Wildman–Crippen MR) is 81.5 cm³/mol. The highest BCUT2D eigenvalue weighted by molar-refractivity contribution is 7.94. The molecule has 0 radical (unpaired) electrons. The van der Waals surface area contributed by atoms with Crippen LogP contribution in [0, 0.1) is 0 Å². The maximum atomic E-state index is 12.4. The van der Waals surface area contributed by atoms with Gasteiger partial charge in [-0.3, -0.25) is 4.98 Å². The zero-order valence-corrected chi connectivity index (χ0v) is 12.9. The Morgan fingerprint density at radius 2 is 2.13 bits per heavy atom. The largest absolute Gasteiger partial charge is 0.571 e. The Hall–Kier alpha value is -2.87. The first-order valence-corrected chi connectivity index (χ1v) is 7.81. The quantitative estimate of drug-likeness (QED) is 0.736. The van der Waals surface area contributed by atoms with E-state index >= 15 is 0 Å². The minimum Gasteiger partial charge on any atom is -0.571 e. The van der Waals surface area contributed by atoms with Gasteiger partial charge in [-0.1, -0.05) is 18.2 Å². The molecule has 2 rings (SSSR count). The number of hydrogen-bond donors (Lipinski definition) is 0. The number of aliphatic carboxylic acids is 1. The third-order valence-electron chi connectivity index (χ3n) is 2.75. The van der Waals surface area contributed by atoms with E-state index < -0.39 is 16.0 Å². The molecule has 0 saturated carbocycles. The second-order valence-electron chi connectivity index (χ2n) is 4.34. The Labute approximate surface area is 133 Å². The second-order valence-corrected chi connectivity index (χ2v) is 5.91. The molecule has 2 aromatic rings. The van der Waals surface area contributed by atoms with Crippen LogP contribution in [0.1, 0.15) is 5.56 Å². The van der Waals surface area contributed by atoms with Gasteiger partial charge in [0, 0.05) is 12.4 Å². The van der Waals surface area contributed by atoms with E-state index in [1.54, 1.807) is 6.07 Å². The smallest absolute Gasteiger partial charge is 0.136 e. The van der Waals surface area contributed by atoms with E-state index in [9.17, 15) is 18.3 Å². The van der Waals surface area contributed by atoms with Crippen LogP contribution < -0.4 is 9.84 Å². The van der Waals surface area contributed by atoms with Crippen molar-refractivity contribution in [2.45, 2.75) is 4.90 Å². The number of hydrogen-bond acceptors (Lipinski definition) is 6. The van der Waals surface area contributed by atoms with Crippen LogP contribution in [-0.4, -0.2) is 26.5 Å². The summed E-state index contributed by atoms with van der Waals surface area (Å²) in [5, 5.41) is 10.5. The molecule has 0 amide bonds. The molecular weight excluding hydrogens is 320 g/mol. The Balaban J connectivity index is 2.42. The number of aromatic nitrogens is 1. The highest BCUT2D eigenvalue weighted by Gasteiger charge is 2.12. The topological polar surface area (TPSA) is 110 Å².